The number of carboxylic acids is 1. The lowest BCUT2D eigenvalue weighted by Gasteiger charge is -2.15. The van der Waals surface area contributed by atoms with Crippen LogP contribution in [-0.4, -0.2) is 29.6 Å². The van der Waals surface area contributed by atoms with Crippen LogP contribution in [0.25, 0.3) is 0 Å². The molecule has 0 aliphatic carbocycles. The van der Waals surface area contributed by atoms with Crippen LogP contribution in [0, 0.1) is 15.9 Å². The summed E-state index contributed by atoms with van der Waals surface area (Å²) < 4.78 is 6.13. The van der Waals surface area contributed by atoms with Gasteiger partial charge in [0.1, 0.15) is 11.3 Å². The van der Waals surface area contributed by atoms with E-state index in [1.165, 1.54) is 19.1 Å². The highest BCUT2D eigenvalue weighted by atomic mass is 127. The number of ether oxygens (including phenoxy) is 1. The summed E-state index contributed by atoms with van der Waals surface area (Å²) in [5.41, 5.74) is 0.0171. The van der Waals surface area contributed by atoms with Gasteiger partial charge in [-0.25, -0.2) is 4.79 Å². The van der Waals surface area contributed by atoms with Crippen LogP contribution in [0.2, 0.25) is 0 Å². The molecule has 0 spiro atoms. The Bertz CT molecular complexity index is 536. The zero-order chi connectivity index (χ0) is 14.4. The van der Waals surface area contributed by atoms with E-state index in [2.05, 4.69) is 11.2 Å². The first-order valence-electron chi connectivity index (χ1n) is 5.36. The minimum Gasteiger partial charge on any atom is -0.480 e. The molecule has 0 aliphatic heterocycles. The molecule has 0 aliphatic rings. The Morgan fingerprint density at radius 3 is 2.84 bits per heavy atom. The number of amides is 1. The Kier molecular flexibility index (Phi) is 5.63. The number of halogens is 1. The van der Waals surface area contributed by atoms with E-state index in [1.54, 1.807) is 6.07 Å². The van der Waals surface area contributed by atoms with Gasteiger partial charge in [0, 0.05) is 3.57 Å². The van der Waals surface area contributed by atoms with Gasteiger partial charge in [-0.1, -0.05) is 5.92 Å². The molecule has 0 saturated carbocycles. The summed E-state index contributed by atoms with van der Waals surface area (Å²) >= 11 is 2.00. The molecule has 19 heavy (non-hydrogen) atoms. The van der Waals surface area contributed by atoms with Crippen LogP contribution in [0.1, 0.15) is 17.3 Å². The number of hydrogen-bond donors (Lipinski definition) is 2. The molecule has 1 aromatic carbocycles. The molecule has 0 aromatic heterocycles. The summed E-state index contributed by atoms with van der Waals surface area (Å²) in [4.78, 5) is 22.7. The maximum Gasteiger partial charge on any atom is 0.339 e. The zero-order valence-electron chi connectivity index (χ0n) is 10.1. The normalized spacial score (nSPS) is 11.2. The summed E-state index contributed by atoms with van der Waals surface area (Å²) in [5, 5.41) is 11.5. The Balaban J connectivity index is 2.85. The van der Waals surface area contributed by atoms with Gasteiger partial charge >= 0.3 is 5.97 Å². The van der Waals surface area contributed by atoms with Crippen LogP contribution in [0.15, 0.2) is 18.2 Å². The fourth-order valence-electron chi connectivity index (χ4n) is 1.30. The van der Waals surface area contributed by atoms with Crippen molar-refractivity contribution in [2.24, 2.45) is 0 Å². The topological polar surface area (TPSA) is 75.6 Å². The van der Waals surface area contributed by atoms with E-state index >= 15 is 0 Å². The maximum absolute atomic E-state index is 11.6. The highest BCUT2D eigenvalue weighted by Crippen LogP contribution is 2.22. The fourth-order valence-corrected chi connectivity index (χ4v) is 1.79. The molecule has 0 saturated heterocycles. The third kappa shape index (κ3) is 4.44. The summed E-state index contributed by atoms with van der Waals surface area (Å²) in [6.07, 6.45) is 4.20. The van der Waals surface area contributed by atoms with E-state index in [4.69, 9.17) is 16.3 Å². The number of carboxylic acid groups (broad SMARTS) is 1. The molecule has 2 N–H and O–H groups in total. The molecule has 0 fully saturated rings. The number of rotatable bonds is 5. The van der Waals surface area contributed by atoms with Crippen LogP contribution in [-0.2, 0) is 4.79 Å². The standard InChI is InChI=1S/C13H12INO4/c1-3-6-15-12(16)8(2)19-11-5-4-9(14)7-10(11)13(17)18/h1,4-5,7-8H,6H2,2H3,(H,15,16)(H,17,18). The van der Waals surface area contributed by atoms with Crippen molar-refractivity contribution in [2.75, 3.05) is 6.54 Å². The Morgan fingerprint density at radius 1 is 1.58 bits per heavy atom. The predicted molar refractivity (Wildman–Crippen MR) is 78.1 cm³/mol. The number of hydrogen-bond acceptors (Lipinski definition) is 3. The lowest BCUT2D eigenvalue weighted by Crippen LogP contribution is -2.36. The molecular formula is C13H12INO4. The first-order chi connectivity index (χ1) is 8.95. The van der Waals surface area contributed by atoms with Crippen molar-refractivity contribution < 1.29 is 19.4 Å². The molecule has 5 nitrogen and oxygen atoms in total. The SMILES string of the molecule is C#CCNC(=O)C(C)Oc1ccc(I)cc1C(=O)O. The van der Waals surface area contributed by atoms with Crippen molar-refractivity contribution in [2.45, 2.75) is 13.0 Å². The Hall–Kier alpha value is -1.75. The van der Waals surface area contributed by atoms with E-state index in [0.29, 0.717) is 0 Å². The molecule has 6 heteroatoms. The van der Waals surface area contributed by atoms with Crippen molar-refractivity contribution in [1.29, 1.82) is 0 Å². The monoisotopic (exact) mass is 373 g/mol. The van der Waals surface area contributed by atoms with Gasteiger partial charge in [-0.05, 0) is 47.7 Å². The van der Waals surface area contributed by atoms with E-state index in [0.717, 1.165) is 3.57 Å². The molecule has 1 amide bonds. The molecule has 1 aromatic rings. The number of benzene rings is 1. The summed E-state index contributed by atoms with van der Waals surface area (Å²) in [7, 11) is 0. The summed E-state index contributed by atoms with van der Waals surface area (Å²) in [6, 6.07) is 4.70. The molecule has 1 unspecified atom stereocenters. The van der Waals surface area contributed by atoms with Crippen LogP contribution in [0.5, 0.6) is 5.75 Å². The average molecular weight is 373 g/mol. The van der Waals surface area contributed by atoms with Crippen LogP contribution in [0.3, 0.4) is 0 Å². The van der Waals surface area contributed by atoms with Crippen molar-refractivity contribution in [3.05, 3.63) is 27.3 Å². The molecule has 1 rings (SSSR count). The summed E-state index contributed by atoms with van der Waals surface area (Å²) in [5.74, 6) is 0.919. The van der Waals surface area contributed by atoms with Gasteiger partial charge in [-0.3, -0.25) is 4.79 Å². The van der Waals surface area contributed by atoms with Gasteiger partial charge in [-0.15, -0.1) is 6.42 Å². The second kappa shape index (κ2) is 6.99. The Morgan fingerprint density at radius 2 is 2.26 bits per heavy atom. The zero-order valence-corrected chi connectivity index (χ0v) is 12.3. The van der Waals surface area contributed by atoms with E-state index in [9.17, 15) is 9.59 Å². The van der Waals surface area contributed by atoms with Gasteiger partial charge in [0.05, 0.1) is 6.54 Å². The molecule has 0 radical (unpaired) electrons. The van der Waals surface area contributed by atoms with Gasteiger partial charge in [-0.2, -0.15) is 0 Å². The minimum absolute atomic E-state index is 0.0171. The largest absolute Gasteiger partial charge is 0.480 e. The van der Waals surface area contributed by atoms with Gasteiger partial charge < -0.3 is 15.2 Å². The minimum atomic E-state index is -1.11. The second-order valence-electron chi connectivity index (χ2n) is 3.63. The smallest absolute Gasteiger partial charge is 0.339 e. The lowest BCUT2D eigenvalue weighted by molar-refractivity contribution is -0.127. The third-order valence-electron chi connectivity index (χ3n) is 2.21. The molecule has 0 bridgehead atoms. The molecule has 1 atom stereocenters. The van der Waals surface area contributed by atoms with Crippen LogP contribution in [0.4, 0.5) is 0 Å². The van der Waals surface area contributed by atoms with Gasteiger partial charge in [0.25, 0.3) is 5.91 Å². The highest BCUT2D eigenvalue weighted by molar-refractivity contribution is 14.1. The van der Waals surface area contributed by atoms with Crippen LogP contribution < -0.4 is 10.1 Å². The van der Waals surface area contributed by atoms with Crippen molar-refractivity contribution in [3.63, 3.8) is 0 Å². The summed E-state index contributed by atoms with van der Waals surface area (Å²) in [6.45, 7) is 1.63. The predicted octanol–water partition coefficient (Wildman–Crippen LogP) is 1.51. The van der Waals surface area contributed by atoms with Crippen molar-refractivity contribution in [3.8, 4) is 18.1 Å². The molecular weight excluding hydrogens is 361 g/mol. The van der Waals surface area contributed by atoms with Crippen molar-refractivity contribution >= 4 is 34.5 Å². The number of terminal acetylenes is 1. The van der Waals surface area contributed by atoms with E-state index in [-0.39, 0.29) is 17.9 Å². The first-order valence-corrected chi connectivity index (χ1v) is 6.44. The number of nitrogens with one attached hydrogen (secondary N) is 1. The average Bonchev–Trinajstić information content (AvgIpc) is 2.37. The number of aromatic carboxylic acids is 1. The maximum atomic E-state index is 11.6. The molecule has 0 heterocycles. The number of carbonyl (C=O) groups excluding carboxylic acids is 1. The van der Waals surface area contributed by atoms with Crippen LogP contribution >= 0.6 is 22.6 Å². The fraction of sp³-hybridized carbons (Fsp3) is 0.231. The number of carbonyl (C=O) groups is 2. The van der Waals surface area contributed by atoms with E-state index in [1.807, 2.05) is 22.6 Å². The first kappa shape index (κ1) is 15.3. The second-order valence-corrected chi connectivity index (χ2v) is 4.87. The van der Waals surface area contributed by atoms with E-state index < -0.39 is 18.0 Å². The van der Waals surface area contributed by atoms with Gasteiger partial charge in [0.15, 0.2) is 6.10 Å². The highest BCUT2D eigenvalue weighted by Gasteiger charge is 2.18. The van der Waals surface area contributed by atoms with Crippen molar-refractivity contribution in [1.82, 2.24) is 5.32 Å². The Labute approximate surface area is 124 Å². The third-order valence-corrected chi connectivity index (χ3v) is 2.88. The molecule has 100 valence electrons. The lowest BCUT2D eigenvalue weighted by atomic mass is 10.2. The quantitative estimate of drug-likeness (QED) is 0.606. The van der Waals surface area contributed by atoms with Gasteiger partial charge in [0.2, 0.25) is 0 Å².